The highest BCUT2D eigenvalue weighted by molar-refractivity contribution is 7.86. The lowest BCUT2D eigenvalue weighted by Crippen LogP contribution is -2.02. The Hall–Kier alpha value is -5.07. The maximum atomic E-state index is 12.2. The fourth-order valence-electron chi connectivity index (χ4n) is 4.03. The molecule has 18 heteroatoms. The van der Waals surface area contributed by atoms with Crippen molar-refractivity contribution in [3.05, 3.63) is 99.1 Å². The number of nitro groups is 1. The molecule has 0 radical (unpaired) electrons. The minimum absolute atomic E-state index is 0.0355. The van der Waals surface area contributed by atoms with Gasteiger partial charge in [0.25, 0.3) is 25.9 Å². The molecule has 44 heavy (non-hydrogen) atoms. The number of anilines is 1. The standard InChI is InChI=1S/C26H18ClN7O8S2/c27-20-14-21-25(32-33(31-21)18-4-2-1-3-5-18)26(24(20)28)30-29-17-10-8-15(22(12-17)43(37,38)39)6-7-16-9-11-19(34(35)36)13-23(16)44(40,41)42/h1-14H,28H2,(H,37,38,39)(H,40,41,42)/b7-6+,30-29?. The van der Waals surface area contributed by atoms with Gasteiger partial charge >= 0.3 is 0 Å². The third-order valence-electron chi connectivity index (χ3n) is 6.10. The number of aromatic nitrogens is 3. The summed E-state index contributed by atoms with van der Waals surface area (Å²) in [5.74, 6) is 0. The van der Waals surface area contributed by atoms with E-state index in [1.807, 2.05) is 6.07 Å². The molecular weight excluding hydrogens is 638 g/mol. The van der Waals surface area contributed by atoms with Crippen LogP contribution in [0.15, 0.2) is 92.8 Å². The molecule has 0 spiro atoms. The van der Waals surface area contributed by atoms with Crippen LogP contribution in [0.3, 0.4) is 0 Å². The third kappa shape index (κ3) is 6.31. The molecule has 0 bridgehead atoms. The minimum Gasteiger partial charge on any atom is -0.396 e. The molecule has 4 aromatic carbocycles. The average molecular weight is 656 g/mol. The van der Waals surface area contributed by atoms with Crippen molar-refractivity contribution >= 4 is 77.8 Å². The summed E-state index contributed by atoms with van der Waals surface area (Å²) in [6.45, 7) is 0. The van der Waals surface area contributed by atoms with E-state index in [1.54, 1.807) is 24.3 Å². The molecular formula is C26H18ClN7O8S2. The number of benzene rings is 4. The van der Waals surface area contributed by atoms with Crippen LogP contribution in [-0.4, -0.2) is 45.9 Å². The molecule has 1 aromatic heterocycles. The quantitative estimate of drug-likeness (QED) is 0.0461. The van der Waals surface area contributed by atoms with Crippen LogP contribution in [0.2, 0.25) is 5.02 Å². The summed E-state index contributed by atoms with van der Waals surface area (Å²) in [5.41, 5.74) is 6.58. The molecule has 4 N–H and O–H groups in total. The van der Waals surface area contributed by atoms with Gasteiger partial charge in [0.05, 0.1) is 27.0 Å². The average Bonchev–Trinajstić information content (AvgIpc) is 3.39. The van der Waals surface area contributed by atoms with Gasteiger partial charge in [0.2, 0.25) is 0 Å². The van der Waals surface area contributed by atoms with Crippen LogP contribution in [0, 0.1) is 10.1 Å². The summed E-state index contributed by atoms with van der Waals surface area (Å²) in [4.78, 5) is 10.1. The number of nitro benzene ring substituents is 1. The number of para-hydroxylation sites is 1. The number of hydrogen-bond acceptors (Lipinski definition) is 11. The van der Waals surface area contributed by atoms with Crippen molar-refractivity contribution in [1.29, 1.82) is 0 Å². The molecule has 5 rings (SSSR count). The summed E-state index contributed by atoms with van der Waals surface area (Å²) in [7, 11) is -9.75. The van der Waals surface area contributed by atoms with E-state index in [2.05, 4.69) is 20.4 Å². The van der Waals surface area contributed by atoms with E-state index in [1.165, 1.54) is 23.0 Å². The molecule has 0 aliphatic heterocycles. The second-order valence-corrected chi connectivity index (χ2v) is 12.2. The Morgan fingerprint density at radius 1 is 0.864 bits per heavy atom. The van der Waals surface area contributed by atoms with Crippen LogP contribution in [0.1, 0.15) is 11.1 Å². The van der Waals surface area contributed by atoms with Crippen molar-refractivity contribution in [2.75, 3.05) is 5.73 Å². The highest BCUT2D eigenvalue weighted by atomic mass is 35.5. The number of fused-ring (bicyclic) bond motifs is 1. The summed E-state index contributed by atoms with van der Waals surface area (Å²) >= 11 is 6.27. The van der Waals surface area contributed by atoms with Crippen LogP contribution in [0.25, 0.3) is 28.9 Å². The van der Waals surface area contributed by atoms with Crippen molar-refractivity contribution in [2.45, 2.75) is 9.79 Å². The van der Waals surface area contributed by atoms with Crippen LogP contribution < -0.4 is 5.73 Å². The first-order valence-electron chi connectivity index (χ1n) is 12.1. The van der Waals surface area contributed by atoms with Crippen molar-refractivity contribution in [3.8, 4) is 5.69 Å². The molecule has 0 aliphatic rings. The Balaban J connectivity index is 1.54. The van der Waals surface area contributed by atoms with E-state index in [0.717, 1.165) is 30.4 Å². The number of nitrogen functional groups attached to an aromatic ring is 1. The van der Waals surface area contributed by atoms with Crippen molar-refractivity contribution < 1.29 is 30.9 Å². The molecule has 0 aliphatic carbocycles. The van der Waals surface area contributed by atoms with E-state index < -0.39 is 40.6 Å². The van der Waals surface area contributed by atoms with E-state index in [9.17, 15) is 36.1 Å². The Labute approximate surface area is 253 Å². The molecule has 0 saturated carbocycles. The molecule has 5 aromatic rings. The van der Waals surface area contributed by atoms with Crippen LogP contribution >= 0.6 is 11.6 Å². The first-order chi connectivity index (χ1) is 20.7. The second kappa shape index (κ2) is 11.5. The Morgan fingerprint density at radius 3 is 2.09 bits per heavy atom. The zero-order valence-corrected chi connectivity index (χ0v) is 24.3. The summed E-state index contributed by atoms with van der Waals surface area (Å²) < 4.78 is 67.5. The van der Waals surface area contributed by atoms with Gasteiger partial charge < -0.3 is 5.73 Å². The zero-order valence-electron chi connectivity index (χ0n) is 21.9. The van der Waals surface area contributed by atoms with Gasteiger partial charge in [-0.3, -0.25) is 19.2 Å². The van der Waals surface area contributed by atoms with Crippen molar-refractivity contribution in [3.63, 3.8) is 0 Å². The SMILES string of the molecule is Nc1c(Cl)cc2nn(-c3ccccc3)nc2c1N=Nc1ccc(/C=C/c2ccc([N+](=O)[O-])cc2S(=O)(=O)O)c(S(=O)(=O)O)c1. The molecule has 0 unspecified atom stereocenters. The lowest BCUT2D eigenvalue weighted by Gasteiger charge is -2.06. The molecule has 15 nitrogen and oxygen atoms in total. The van der Waals surface area contributed by atoms with Gasteiger partial charge in [-0.2, -0.15) is 26.7 Å². The number of nitrogens with zero attached hydrogens (tertiary/aromatic N) is 6. The summed E-state index contributed by atoms with van der Waals surface area (Å²) in [6.07, 6.45) is 2.22. The fourth-order valence-corrected chi connectivity index (χ4v) is 5.63. The molecule has 0 atom stereocenters. The van der Waals surface area contributed by atoms with E-state index in [0.29, 0.717) is 17.3 Å². The van der Waals surface area contributed by atoms with E-state index in [4.69, 9.17) is 17.3 Å². The minimum atomic E-state index is -4.89. The van der Waals surface area contributed by atoms with Gasteiger partial charge in [-0.15, -0.1) is 15.3 Å². The number of azo groups is 1. The third-order valence-corrected chi connectivity index (χ3v) is 8.23. The normalized spacial score (nSPS) is 12.4. The molecule has 1 heterocycles. The van der Waals surface area contributed by atoms with Crippen LogP contribution in [-0.2, 0) is 20.2 Å². The number of hydrogen-bond donors (Lipinski definition) is 3. The number of rotatable bonds is 8. The Kier molecular flexibility index (Phi) is 7.98. The highest BCUT2D eigenvalue weighted by Gasteiger charge is 2.20. The topological polar surface area (TPSA) is 233 Å². The highest BCUT2D eigenvalue weighted by Crippen LogP contribution is 2.38. The van der Waals surface area contributed by atoms with Gasteiger partial charge in [-0.1, -0.05) is 48.0 Å². The Morgan fingerprint density at radius 2 is 1.48 bits per heavy atom. The molecule has 224 valence electrons. The summed E-state index contributed by atoms with van der Waals surface area (Å²) in [5, 5.41) is 28.2. The fraction of sp³-hybridized carbons (Fsp3) is 0. The van der Waals surface area contributed by atoms with Gasteiger partial charge in [0.1, 0.15) is 26.5 Å². The maximum Gasteiger partial charge on any atom is 0.295 e. The largest absolute Gasteiger partial charge is 0.396 e. The molecule has 0 amide bonds. The van der Waals surface area contributed by atoms with Crippen LogP contribution in [0.4, 0.5) is 22.7 Å². The first kappa shape index (κ1) is 30.4. The van der Waals surface area contributed by atoms with E-state index >= 15 is 0 Å². The number of non-ortho nitro benzene ring substituents is 1. The van der Waals surface area contributed by atoms with Gasteiger partial charge in [0, 0.05) is 12.1 Å². The van der Waals surface area contributed by atoms with Gasteiger partial charge in [0.15, 0.2) is 0 Å². The number of nitrogens with two attached hydrogens (primary N) is 1. The lowest BCUT2D eigenvalue weighted by molar-refractivity contribution is -0.385. The molecule has 0 fully saturated rings. The monoisotopic (exact) mass is 655 g/mol. The second-order valence-electron chi connectivity index (χ2n) is 9.00. The zero-order chi connectivity index (χ0) is 31.8. The smallest absolute Gasteiger partial charge is 0.295 e. The summed E-state index contributed by atoms with van der Waals surface area (Å²) in [6, 6.07) is 16.8. The molecule has 0 saturated heterocycles. The van der Waals surface area contributed by atoms with E-state index in [-0.39, 0.29) is 38.7 Å². The number of halogens is 1. The predicted octanol–water partition coefficient (Wildman–Crippen LogP) is 5.64. The van der Waals surface area contributed by atoms with Gasteiger partial charge in [-0.05, 0) is 47.5 Å². The maximum absolute atomic E-state index is 12.2. The predicted molar refractivity (Wildman–Crippen MR) is 161 cm³/mol. The van der Waals surface area contributed by atoms with Crippen molar-refractivity contribution in [1.82, 2.24) is 15.0 Å². The van der Waals surface area contributed by atoms with Crippen LogP contribution in [0.5, 0.6) is 0 Å². The Bertz CT molecular complexity index is 2240. The van der Waals surface area contributed by atoms with Crippen molar-refractivity contribution in [2.24, 2.45) is 10.2 Å². The lowest BCUT2D eigenvalue weighted by atomic mass is 10.1. The first-order valence-corrected chi connectivity index (χ1v) is 15.4. The van der Waals surface area contributed by atoms with Gasteiger partial charge in [-0.25, -0.2) is 0 Å².